The molecule has 0 aliphatic heterocycles. The molecular weight excluding hydrogens is 216 g/mol. The van der Waals surface area contributed by atoms with E-state index in [9.17, 15) is 0 Å². The fraction of sp³-hybridized carbons (Fsp3) is 0. The van der Waals surface area contributed by atoms with Crippen LogP contribution < -0.4 is 0 Å². The van der Waals surface area contributed by atoms with Crippen molar-refractivity contribution in [3.05, 3.63) is 72.8 Å². The van der Waals surface area contributed by atoms with Gasteiger partial charge in [-0.25, -0.2) is 0 Å². The van der Waals surface area contributed by atoms with Gasteiger partial charge in [-0.2, -0.15) is 0 Å². The standard InChI is InChI=1S/C18H14/c1-3-13-11-16-10-9-15-7-5-6-8-17(15)18(16)12-14(13)4-2/h3-12H,1-2H2. The molecule has 3 rings (SSSR count). The van der Waals surface area contributed by atoms with Gasteiger partial charge < -0.3 is 0 Å². The van der Waals surface area contributed by atoms with Crippen molar-refractivity contribution in [2.24, 2.45) is 0 Å². The maximum absolute atomic E-state index is 3.88. The summed E-state index contributed by atoms with van der Waals surface area (Å²) in [4.78, 5) is 0. The summed E-state index contributed by atoms with van der Waals surface area (Å²) in [7, 11) is 0. The highest BCUT2D eigenvalue weighted by Crippen LogP contribution is 2.28. The predicted molar refractivity (Wildman–Crippen MR) is 81.6 cm³/mol. The Bertz CT molecular complexity index is 763. The Morgan fingerprint density at radius 2 is 1.33 bits per heavy atom. The van der Waals surface area contributed by atoms with E-state index in [0.29, 0.717) is 0 Å². The average Bonchev–Trinajstić information content (AvgIpc) is 2.45. The number of rotatable bonds is 2. The van der Waals surface area contributed by atoms with Gasteiger partial charge in [-0.05, 0) is 44.8 Å². The Hall–Kier alpha value is -2.34. The summed E-state index contributed by atoms with van der Waals surface area (Å²) < 4.78 is 0. The molecule has 0 heteroatoms. The van der Waals surface area contributed by atoms with Crippen LogP contribution in [0, 0.1) is 0 Å². The van der Waals surface area contributed by atoms with Gasteiger partial charge in [0.2, 0.25) is 0 Å². The van der Waals surface area contributed by atoms with Crippen LogP contribution in [-0.2, 0) is 0 Å². The SMILES string of the molecule is C=Cc1cc2ccc3ccccc3c2cc1C=C. The van der Waals surface area contributed by atoms with Crippen molar-refractivity contribution < 1.29 is 0 Å². The first kappa shape index (κ1) is 10.8. The summed E-state index contributed by atoms with van der Waals surface area (Å²) in [6.45, 7) is 7.74. The van der Waals surface area contributed by atoms with E-state index in [0.717, 1.165) is 11.1 Å². The van der Waals surface area contributed by atoms with Crippen LogP contribution in [0.4, 0.5) is 0 Å². The second-order valence-electron chi connectivity index (χ2n) is 4.40. The molecule has 0 spiro atoms. The molecule has 0 bridgehead atoms. The van der Waals surface area contributed by atoms with Crippen LogP contribution in [-0.4, -0.2) is 0 Å². The average molecular weight is 230 g/mol. The second-order valence-corrected chi connectivity index (χ2v) is 4.40. The Morgan fingerprint density at radius 3 is 2.11 bits per heavy atom. The van der Waals surface area contributed by atoms with E-state index in [2.05, 4.69) is 61.7 Å². The molecule has 86 valence electrons. The van der Waals surface area contributed by atoms with E-state index >= 15 is 0 Å². The smallest absolute Gasteiger partial charge is 0.00990 e. The molecule has 0 unspecified atom stereocenters. The summed E-state index contributed by atoms with van der Waals surface area (Å²) in [6.07, 6.45) is 3.77. The van der Waals surface area contributed by atoms with Crippen molar-refractivity contribution in [1.82, 2.24) is 0 Å². The minimum Gasteiger partial charge on any atom is -0.0984 e. The molecule has 0 atom stereocenters. The zero-order valence-corrected chi connectivity index (χ0v) is 10.2. The third-order valence-corrected chi connectivity index (χ3v) is 3.39. The van der Waals surface area contributed by atoms with Gasteiger partial charge in [-0.1, -0.05) is 61.7 Å². The molecule has 0 aromatic heterocycles. The summed E-state index contributed by atoms with van der Waals surface area (Å²) in [5.74, 6) is 0. The molecule has 0 saturated heterocycles. The lowest BCUT2D eigenvalue weighted by Gasteiger charge is -2.08. The molecule has 0 aliphatic carbocycles. The molecule has 0 N–H and O–H groups in total. The van der Waals surface area contributed by atoms with E-state index < -0.39 is 0 Å². The van der Waals surface area contributed by atoms with Crippen LogP contribution >= 0.6 is 0 Å². The fourth-order valence-corrected chi connectivity index (χ4v) is 2.44. The molecule has 0 nitrogen and oxygen atoms in total. The lowest BCUT2D eigenvalue weighted by Crippen LogP contribution is -1.84. The highest BCUT2D eigenvalue weighted by Gasteiger charge is 2.03. The highest BCUT2D eigenvalue weighted by molar-refractivity contribution is 6.08. The second kappa shape index (κ2) is 4.15. The van der Waals surface area contributed by atoms with Crippen LogP contribution in [0.2, 0.25) is 0 Å². The van der Waals surface area contributed by atoms with Crippen molar-refractivity contribution in [3.8, 4) is 0 Å². The normalized spacial score (nSPS) is 10.7. The Labute approximate surface area is 107 Å². The molecule has 0 radical (unpaired) electrons. The summed E-state index contributed by atoms with van der Waals surface area (Å²) >= 11 is 0. The predicted octanol–water partition coefficient (Wildman–Crippen LogP) is 5.28. The van der Waals surface area contributed by atoms with Crippen LogP contribution in [0.1, 0.15) is 11.1 Å². The zero-order valence-electron chi connectivity index (χ0n) is 10.2. The molecule has 0 aliphatic rings. The molecule has 0 amide bonds. The Balaban J connectivity index is 2.50. The van der Waals surface area contributed by atoms with Gasteiger partial charge in [0.05, 0.1) is 0 Å². The zero-order chi connectivity index (χ0) is 12.5. The minimum absolute atomic E-state index is 1.13. The quantitative estimate of drug-likeness (QED) is 0.525. The van der Waals surface area contributed by atoms with Gasteiger partial charge in [-0.3, -0.25) is 0 Å². The maximum Gasteiger partial charge on any atom is -0.00990 e. The van der Waals surface area contributed by atoms with Crippen molar-refractivity contribution in [1.29, 1.82) is 0 Å². The van der Waals surface area contributed by atoms with Gasteiger partial charge in [0, 0.05) is 0 Å². The number of hydrogen-bond donors (Lipinski definition) is 0. The van der Waals surface area contributed by atoms with Gasteiger partial charge in [0.15, 0.2) is 0 Å². The molecule has 3 aromatic carbocycles. The van der Waals surface area contributed by atoms with Gasteiger partial charge in [0.25, 0.3) is 0 Å². The first-order chi connectivity index (χ1) is 8.83. The van der Waals surface area contributed by atoms with Crippen LogP contribution in [0.5, 0.6) is 0 Å². The first-order valence-corrected chi connectivity index (χ1v) is 6.04. The third kappa shape index (κ3) is 1.54. The van der Waals surface area contributed by atoms with Gasteiger partial charge >= 0.3 is 0 Å². The minimum atomic E-state index is 1.13. The first-order valence-electron chi connectivity index (χ1n) is 6.04. The largest absolute Gasteiger partial charge is 0.0984 e. The molecule has 0 saturated carbocycles. The lowest BCUT2D eigenvalue weighted by atomic mass is 9.96. The van der Waals surface area contributed by atoms with Gasteiger partial charge in [0.1, 0.15) is 0 Å². The van der Waals surface area contributed by atoms with Crippen LogP contribution in [0.15, 0.2) is 61.7 Å². The monoisotopic (exact) mass is 230 g/mol. The third-order valence-electron chi connectivity index (χ3n) is 3.39. The number of fused-ring (bicyclic) bond motifs is 3. The van der Waals surface area contributed by atoms with Crippen molar-refractivity contribution in [2.45, 2.75) is 0 Å². The van der Waals surface area contributed by atoms with E-state index in [1.54, 1.807) is 0 Å². The van der Waals surface area contributed by atoms with Crippen molar-refractivity contribution in [2.75, 3.05) is 0 Å². The van der Waals surface area contributed by atoms with E-state index in [1.807, 2.05) is 12.2 Å². The number of benzene rings is 3. The van der Waals surface area contributed by atoms with E-state index in [1.165, 1.54) is 21.5 Å². The summed E-state index contributed by atoms with van der Waals surface area (Å²) in [5, 5.41) is 5.07. The van der Waals surface area contributed by atoms with Gasteiger partial charge in [-0.15, -0.1) is 0 Å². The highest BCUT2D eigenvalue weighted by atomic mass is 14.1. The molecule has 0 heterocycles. The summed E-state index contributed by atoms with van der Waals surface area (Å²) in [6, 6.07) is 17.2. The van der Waals surface area contributed by atoms with Crippen LogP contribution in [0.3, 0.4) is 0 Å². The van der Waals surface area contributed by atoms with Crippen LogP contribution in [0.25, 0.3) is 33.7 Å². The van der Waals surface area contributed by atoms with E-state index in [-0.39, 0.29) is 0 Å². The van der Waals surface area contributed by atoms with Crippen molar-refractivity contribution in [3.63, 3.8) is 0 Å². The van der Waals surface area contributed by atoms with Crippen molar-refractivity contribution >= 4 is 33.7 Å². The molecule has 3 aromatic rings. The Kier molecular flexibility index (Phi) is 2.49. The molecular formula is C18H14. The lowest BCUT2D eigenvalue weighted by molar-refractivity contribution is 1.68. The number of hydrogen-bond acceptors (Lipinski definition) is 0. The topological polar surface area (TPSA) is 0 Å². The fourth-order valence-electron chi connectivity index (χ4n) is 2.44. The summed E-state index contributed by atoms with van der Waals surface area (Å²) in [5.41, 5.74) is 2.27. The molecule has 18 heavy (non-hydrogen) atoms. The maximum atomic E-state index is 3.88. The van der Waals surface area contributed by atoms with E-state index in [4.69, 9.17) is 0 Å². The Morgan fingerprint density at radius 1 is 0.667 bits per heavy atom. The molecule has 0 fully saturated rings.